The zero-order chi connectivity index (χ0) is 21.2. The molecule has 29 heavy (non-hydrogen) atoms. The number of rotatable bonds is 7. The summed E-state index contributed by atoms with van der Waals surface area (Å²) in [4.78, 5) is 23.9. The third kappa shape index (κ3) is 4.83. The first-order valence-corrected chi connectivity index (χ1v) is 11.4. The van der Waals surface area contributed by atoms with Gasteiger partial charge in [-0.3, -0.25) is 13.9 Å². The fourth-order valence-electron chi connectivity index (χ4n) is 2.94. The molecule has 0 fully saturated rings. The van der Waals surface area contributed by atoms with E-state index in [9.17, 15) is 22.4 Å². The number of amides is 1. The summed E-state index contributed by atoms with van der Waals surface area (Å²) >= 11 is 1.09. The van der Waals surface area contributed by atoms with Gasteiger partial charge < -0.3 is 9.88 Å². The lowest BCUT2D eigenvalue weighted by molar-refractivity contribution is -0.116. The van der Waals surface area contributed by atoms with Crippen molar-refractivity contribution < 1.29 is 17.6 Å². The van der Waals surface area contributed by atoms with Gasteiger partial charge in [-0.05, 0) is 36.8 Å². The average molecular weight is 438 g/mol. The van der Waals surface area contributed by atoms with E-state index >= 15 is 0 Å². The molecular formula is C19H20FN3O4S2. The van der Waals surface area contributed by atoms with Crippen LogP contribution in [0.25, 0.3) is 10.2 Å². The van der Waals surface area contributed by atoms with Gasteiger partial charge in [0, 0.05) is 25.7 Å². The van der Waals surface area contributed by atoms with Gasteiger partial charge in [0.15, 0.2) is 0 Å². The summed E-state index contributed by atoms with van der Waals surface area (Å²) in [5, 5.41) is 2.74. The zero-order valence-corrected chi connectivity index (χ0v) is 17.5. The molecule has 3 aromatic rings. The van der Waals surface area contributed by atoms with Crippen LogP contribution in [0.1, 0.15) is 12.8 Å². The highest BCUT2D eigenvalue weighted by molar-refractivity contribution is 7.92. The minimum atomic E-state index is -3.69. The standard InChI is InChI=1S/C19H20FN3O4S2/c1-22-16-10-9-13(12-17(16)28-19(22)25)21-18(24)8-5-11-23(29(2,26)27)15-7-4-3-6-14(15)20/h3-4,6-7,9-10,12H,5,8,11H2,1-2H3,(H,21,24). The van der Waals surface area contributed by atoms with Crippen LogP contribution in [0, 0.1) is 5.82 Å². The maximum absolute atomic E-state index is 14.0. The van der Waals surface area contributed by atoms with Crippen LogP contribution in [0.15, 0.2) is 47.3 Å². The van der Waals surface area contributed by atoms with Gasteiger partial charge in [0.25, 0.3) is 0 Å². The van der Waals surface area contributed by atoms with Crippen LogP contribution in [-0.2, 0) is 21.9 Å². The Labute approximate surface area is 171 Å². The van der Waals surface area contributed by atoms with Gasteiger partial charge >= 0.3 is 4.87 Å². The number of nitrogens with one attached hydrogen (secondary N) is 1. The van der Waals surface area contributed by atoms with Crippen molar-refractivity contribution in [3.8, 4) is 0 Å². The van der Waals surface area contributed by atoms with E-state index in [2.05, 4.69) is 5.32 Å². The third-order valence-corrected chi connectivity index (χ3v) is 6.54. The van der Waals surface area contributed by atoms with Crippen LogP contribution in [0.2, 0.25) is 0 Å². The molecule has 0 aliphatic carbocycles. The normalized spacial score (nSPS) is 11.6. The molecule has 2 aromatic carbocycles. The van der Waals surface area contributed by atoms with E-state index in [1.807, 2.05) is 0 Å². The number of aromatic nitrogens is 1. The van der Waals surface area contributed by atoms with Crippen LogP contribution in [0.4, 0.5) is 15.8 Å². The first kappa shape index (κ1) is 21.0. The van der Waals surface area contributed by atoms with Gasteiger partial charge in [0.05, 0.1) is 22.2 Å². The number of anilines is 2. The van der Waals surface area contributed by atoms with E-state index in [1.165, 1.54) is 22.8 Å². The molecule has 1 heterocycles. The van der Waals surface area contributed by atoms with Gasteiger partial charge in [-0.1, -0.05) is 23.5 Å². The number of nitrogens with zero attached hydrogens (tertiary/aromatic N) is 2. The Balaban J connectivity index is 1.64. The average Bonchev–Trinajstić information content (AvgIpc) is 2.92. The SMILES string of the molecule is Cn1c(=O)sc2cc(NC(=O)CCCN(c3ccccc3F)S(C)(=O)=O)ccc21. The topological polar surface area (TPSA) is 88.5 Å². The highest BCUT2D eigenvalue weighted by Gasteiger charge is 2.20. The molecule has 1 N–H and O–H groups in total. The minimum Gasteiger partial charge on any atom is -0.326 e. The summed E-state index contributed by atoms with van der Waals surface area (Å²) in [6.45, 7) is -0.0213. The van der Waals surface area contributed by atoms with Gasteiger partial charge in [-0.25, -0.2) is 12.8 Å². The van der Waals surface area contributed by atoms with Crippen molar-refractivity contribution in [1.82, 2.24) is 4.57 Å². The van der Waals surface area contributed by atoms with E-state index in [1.54, 1.807) is 31.3 Å². The number of halogens is 1. The zero-order valence-electron chi connectivity index (χ0n) is 15.9. The third-order valence-electron chi connectivity index (χ3n) is 4.36. The van der Waals surface area contributed by atoms with Crippen molar-refractivity contribution in [3.05, 3.63) is 57.9 Å². The number of aryl methyl sites for hydroxylation is 1. The number of carbonyl (C=O) groups is 1. The van der Waals surface area contributed by atoms with Crippen molar-refractivity contribution in [3.63, 3.8) is 0 Å². The first-order valence-electron chi connectivity index (χ1n) is 8.78. The number of para-hydroxylation sites is 1. The van der Waals surface area contributed by atoms with Crippen molar-refractivity contribution in [2.45, 2.75) is 12.8 Å². The van der Waals surface area contributed by atoms with Crippen LogP contribution in [-0.4, -0.2) is 31.7 Å². The fraction of sp³-hybridized carbons (Fsp3) is 0.263. The number of thiazole rings is 1. The molecule has 7 nitrogen and oxygen atoms in total. The highest BCUT2D eigenvalue weighted by Crippen LogP contribution is 2.23. The molecule has 0 aliphatic rings. The molecule has 0 spiro atoms. The molecule has 0 saturated carbocycles. The van der Waals surface area contributed by atoms with E-state index in [-0.39, 0.29) is 35.9 Å². The summed E-state index contributed by atoms with van der Waals surface area (Å²) in [7, 11) is -2.01. The molecule has 154 valence electrons. The van der Waals surface area contributed by atoms with Crippen molar-refractivity contribution in [1.29, 1.82) is 0 Å². The fourth-order valence-corrected chi connectivity index (χ4v) is 4.82. The maximum atomic E-state index is 14.0. The highest BCUT2D eigenvalue weighted by atomic mass is 32.2. The Morgan fingerprint density at radius 2 is 1.97 bits per heavy atom. The molecule has 1 amide bonds. The largest absolute Gasteiger partial charge is 0.326 e. The first-order chi connectivity index (χ1) is 13.7. The molecule has 0 atom stereocenters. The summed E-state index contributed by atoms with van der Waals surface area (Å²) in [6, 6.07) is 10.8. The number of sulfonamides is 1. The summed E-state index contributed by atoms with van der Waals surface area (Å²) in [6.07, 6.45) is 1.28. The van der Waals surface area contributed by atoms with E-state index in [0.29, 0.717) is 5.69 Å². The Morgan fingerprint density at radius 3 is 2.66 bits per heavy atom. The number of hydrogen-bond donors (Lipinski definition) is 1. The molecule has 0 bridgehead atoms. The van der Waals surface area contributed by atoms with Crippen molar-refractivity contribution in [2.24, 2.45) is 7.05 Å². The molecule has 0 radical (unpaired) electrons. The molecular weight excluding hydrogens is 417 g/mol. The van der Waals surface area contributed by atoms with Gasteiger partial charge in [0.2, 0.25) is 15.9 Å². The van der Waals surface area contributed by atoms with E-state index < -0.39 is 15.8 Å². The minimum absolute atomic E-state index is 0.0213. The Morgan fingerprint density at radius 1 is 1.24 bits per heavy atom. The van der Waals surface area contributed by atoms with Crippen LogP contribution in [0.5, 0.6) is 0 Å². The second-order valence-electron chi connectivity index (χ2n) is 6.55. The van der Waals surface area contributed by atoms with Gasteiger partial charge in [-0.15, -0.1) is 0 Å². The van der Waals surface area contributed by atoms with Crippen molar-refractivity contribution >= 4 is 48.9 Å². The Bertz CT molecular complexity index is 1220. The summed E-state index contributed by atoms with van der Waals surface area (Å²) in [5.74, 6) is -0.938. The molecule has 3 rings (SSSR count). The second kappa shape index (κ2) is 8.34. The van der Waals surface area contributed by atoms with Gasteiger partial charge in [-0.2, -0.15) is 0 Å². The molecule has 10 heteroatoms. The lowest BCUT2D eigenvalue weighted by atomic mass is 10.2. The predicted octanol–water partition coefficient (Wildman–Crippen LogP) is 2.92. The predicted molar refractivity (Wildman–Crippen MR) is 114 cm³/mol. The maximum Gasteiger partial charge on any atom is 0.307 e. The van der Waals surface area contributed by atoms with Crippen LogP contribution in [0.3, 0.4) is 0 Å². The molecule has 0 aliphatic heterocycles. The lowest BCUT2D eigenvalue weighted by Crippen LogP contribution is -2.32. The Hall–Kier alpha value is -2.72. The van der Waals surface area contributed by atoms with E-state index in [0.717, 1.165) is 32.1 Å². The number of benzene rings is 2. The van der Waals surface area contributed by atoms with Crippen molar-refractivity contribution in [2.75, 3.05) is 22.4 Å². The number of hydrogen-bond acceptors (Lipinski definition) is 5. The monoisotopic (exact) mass is 437 g/mol. The Kier molecular flexibility index (Phi) is 6.04. The number of carbonyl (C=O) groups excluding carboxylic acids is 1. The van der Waals surface area contributed by atoms with Crippen LogP contribution < -0.4 is 14.5 Å². The van der Waals surface area contributed by atoms with E-state index in [4.69, 9.17) is 0 Å². The number of fused-ring (bicyclic) bond motifs is 1. The lowest BCUT2D eigenvalue weighted by Gasteiger charge is -2.22. The summed E-state index contributed by atoms with van der Waals surface area (Å²) < 4.78 is 41.3. The second-order valence-corrected chi connectivity index (χ2v) is 9.45. The smallest absolute Gasteiger partial charge is 0.307 e. The summed E-state index contributed by atoms with van der Waals surface area (Å²) in [5.41, 5.74) is 1.30. The molecule has 0 unspecified atom stereocenters. The van der Waals surface area contributed by atoms with Crippen LogP contribution >= 0.6 is 11.3 Å². The molecule has 1 aromatic heterocycles. The quantitative estimate of drug-likeness (QED) is 0.616. The molecule has 0 saturated heterocycles. The van der Waals surface area contributed by atoms with Gasteiger partial charge in [0.1, 0.15) is 5.82 Å².